The second-order valence-corrected chi connectivity index (χ2v) is 6.28. The van der Waals surface area contributed by atoms with Crippen LogP contribution >= 0.6 is 0 Å². The zero-order valence-corrected chi connectivity index (χ0v) is 13.1. The second kappa shape index (κ2) is 7.81. The quantitative estimate of drug-likeness (QED) is 0.807. The summed E-state index contributed by atoms with van der Waals surface area (Å²) in [4.78, 5) is 0. The Hall–Kier alpha value is -1.06. The van der Waals surface area contributed by atoms with Crippen molar-refractivity contribution in [2.75, 3.05) is 13.2 Å². The molecule has 0 aromatic heterocycles. The average molecular weight is 292 g/mol. The molecule has 0 radical (unpaired) electrons. The molecule has 1 aromatic rings. The number of rotatable bonds is 7. The van der Waals surface area contributed by atoms with Crippen LogP contribution in [0.25, 0.3) is 0 Å². The van der Waals surface area contributed by atoms with Gasteiger partial charge in [-0.15, -0.1) is 0 Å². The van der Waals surface area contributed by atoms with E-state index in [1.807, 2.05) is 31.2 Å². The molecule has 21 heavy (non-hydrogen) atoms. The van der Waals surface area contributed by atoms with E-state index in [-0.39, 0.29) is 6.61 Å². The molecule has 0 spiro atoms. The van der Waals surface area contributed by atoms with Crippen molar-refractivity contribution in [2.45, 2.75) is 57.5 Å². The van der Waals surface area contributed by atoms with E-state index >= 15 is 0 Å². The first-order chi connectivity index (χ1) is 10.2. The van der Waals surface area contributed by atoms with E-state index < -0.39 is 5.60 Å². The molecule has 1 unspecified atom stereocenters. The number of hydrogen-bond acceptors (Lipinski definition) is 3. The van der Waals surface area contributed by atoms with Crippen molar-refractivity contribution in [2.24, 2.45) is 5.92 Å². The normalized spacial score (nSPS) is 19.2. The molecule has 118 valence electrons. The smallest absolute Gasteiger partial charge is 0.119 e. The van der Waals surface area contributed by atoms with Gasteiger partial charge in [-0.05, 0) is 42.9 Å². The molecule has 1 aliphatic carbocycles. The van der Waals surface area contributed by atoms with Gasteiger partial charge in [-0.2, -0.15) is 0 Å². The minimum atomic E-state index is -1.15. The fourth-order valence-electron chi connectivity index (χ4n) is 3.17. The lowest BCUT2D eigenvalue weighted by Crippen LogP contribution is -2.30. The third kappa shape index (κ3) is 4.45. The first-order valence-corrected chi connectivity index (χ1v) is 8.24. The number of hydrogen-bond donors (Lipinski definition) is 2. The third-order valence-electron chi connectivity index (χ3n) is 4.51. The molecule has 0 aliphatic heterocycles. The molecule has 1 fully saturated rings. The predicted octanol–water partition coefficient (Wildman–Crippen LogP) is 3.63. The molecule has 0 amide bonds. The minimum absolute atomic E-state index is 0.257. The van der Waals surface area contributed by atoms with Gasteiger partial charge >= 0.3 is 0 Å². The molecule has 1 aliphatic rings. The molecular formula is C18H28O3. The van der Waals surface area contributed by atoms with Crippen LogP contribution in [0, 0.1) is 5.92 Å². The van der Waals surface area contributed by atoms with Gasteiger partial charge in [0.15, 0.2) is 0 Å². The number of benzene rings is 1. The van der Waals surface area contributed by atoms with E-state index in [2.05, 4.69) is 0 Å². The van der Waals surface area contributed by atoms with Crippen LogP contribution in [0.15, 0.2) is 24.3 Å². The van der Waals surface area contributed by atoms with Crippen LogP contribution in [-0.2, 0) is 5.60 Å². The van der Waals surface area contributed by atoms with E-state index in [0.29, 0.717) is 12.3 Å². The predicted molar refractivity (Wildman–Crippen MR) is 84.4 cm³/mol. The van der Waals surface area contributed by atoms with Gasteiger partial charge in [0.1, 0.15) is 11.4 Å². The van der Waals surface area contributed by atoms with Crippen molar-refractivity contribution in [3.05, 3.63) is 29.8 Å². The lowest BCUT2D eigenvalue weighted by Gasteiger charge is -2.27. The Kier molecular flexibility index (Phi) is 6.07. The molecule has 3 heteroatoms. The zero-order chi connectivity index (χ0) is 15.1. The first-order valence-electron chi connectivity index (χ1n) is 8.24. The van der Waals surface area contributed by atoms with Crippen LogP contribution in [-0.4, -0.2) is 23.4 Å². The van der Waals surface area contributed by atoms with Gasteiger partial charge in [-0.3, -0.25) is 0 Å². The highest BCUT2D eigenvalue weighted by Crippen LogP contribution is 2.30. The van der Waals surface area contributed by atoms with E-state index in [1.54, 1.807) is 0 Å². The summed E-state index contributed by atoms with van der Waals surface area (Å²) >= 11 is 0. The standard InChI is InChI=1S/C18H28O3/c1-2-11-18(20,14-19)16-9-6-10-17(12-16)21-13-15-7-4-3-5-8-15/h6,9-10,12,15,19-20H,2-5,7-8,11,13-14H2,1H3. The molecular weight excluding hydrogens is 264 g/mol. The van der Waals surface area contributed by atoms with Crippen LogP contribution in [0.3, 0.4) is 0 Å². The maximum Gasteiger partial charge on any atom is 0.119 e. The number of aliphatic hydroxyl groups is 2. The van der Waals surface area contributed by atoms with Crippen LogP contribution in [0.4, 0.5) is 0 Å². The van der Waals surface area contributed by atoms with Crippen molar-refractivity contribution >= 4 is 0 Å². The van der Waals surface area contributed by atoms with Gasteiger partial charge in [0.25, 0.3) is 0 Å². The Bertz CT molecular complexity index is 426. The number of aliphatic hydroxyl groups excluding tert-OH is 1. The average Bonchev–Trinajstić information content (AvgIpc) is 2.54. The summed E-state index contributed by atoms with van der Waals surface area (Å²) in [6.07, 6.45) is 7.88. The first kappa shape index (κ1) is 16.3. The second-order valence-electron chi connectivity index (χ2n) is 6.28. The highest BCUT2D eigenvalue weighted by molar-refractivity contribution is 5.32. The molecule has 1 aromatic carbocycles. The molecule has 0 saturated heterocycles. The van der Waals surface area contributed by atoms with E-state index in [0.717, 1.165) is 24.3 Å². The lowest BCUT2D eigenvalue weighted by atomic mass is 9.89. The topological polar surface area (TPSA) is 49.7 Å². The summed E-state index contributed by atoms with van der Waals surface area (Å²) in [6, 6.07) is 7.55. The highest BCUT2D eigenvalue weighted by atomic mass is 16.5. The van der Waals surface area contributed by atoms with Crippen molar-refractivity contribution in [1.82, 2.24) is 0 Å². The Morgan fingerprint density at radius 3 is 2.67 bits per heavy atom. The SMILES string of the molecule is CCCC(O)(CO)c1cccc(OCC2CCCCC2)c1. The van der Waals surface area contributed by atoms with Crippen LogP contribution in [0.5, 0.6) is 5.75 Å². The van der Waals surface area contributed by atoms with Crippen LogP contribution in [0.2, 0.25) is 0 Å². The van der Waals surface area contributed by atoms with Gasteiger partial charge in [-0.1, -0.05) is 44.7 Å². The van der Waals surface area contributed by atoms with Gasteiger partial charge in [0, 0.05) is 0 Å². The summed E-state index contributed by atoms with van der Waals surface area (Å²) in [6.45, 7) is 2.51. The molecule has 0 heterocycles. The Balaban J connectivity index is 1.99. The minimum Gasteiger partial charge on any atom is -0.493 e. The lowest BCUT2D eigenvalue weighted by molar-refractivity contribution is -0.0268. The largest absolute Gasteiger partial charge is 0.493 e. The fraction of sp³-hybridized carbons (Fsp3) is 0.667. The summed E-state index contributed by atoms with van der Waals surface area (Å²) in [5.41, 5.74) is -0.410. The Morgan fingerprint density at radius 2 is 2.00 bits per heavy atom. The summed E-state index contributed by atoms with van der Waals surface area (Å²) in [5, 5.41) is 20.0. The molecule has 1 saturated carbocycles. The van der Waals surface area contributed by atoms with Crippen molar-refractivity contribution in [1.29, 1.82) is 0 Å². The van der Waals surface area contributed by atoms with Gasteiger partial charge in [0.05, 0.1) is 13.2 Å². The molecule has 1 atom stereocenters. The molecule has 3 nitrogen and oxygen atoms in total. The van der Waals surface area contributed by atoms with E-state index in [9.17, 15) is 10.2 Å². The monoisotopic (exact) mass is 292 g/mol. The zero-order valence-electron chi connectivity index (χ0n) is 13.1. The third-order valence-corrected chi connectivity index (χ3v) is 4.51. The maximum absolute atomic E-state index is 10.5. The van der Waals surface area contributed by atoms with Crippen LogP contribution in [0.1, 0.15) is 57.4 Å². The maximum atomic E-state index is 10.5. The van der Waals surface area contributed by atoms with E-state index in [1.165, 1.54) is 32.1 Å². The highest BCUT2D eigenvalue weighted by Gasteiger charge is 2.27. The Labute approximate surface area is 128 Å². The van der Waals surface area contributed by atoms with Gasteiger partial charge < -0.3 is 14.9 Å². The van der Waals surface area contributed by atoms with Crippen molar-refractivity contribution in [3.8, 4) is 5.75 Å². The van der Waals surface area contributed by atoms with E-state index in [4.69, 9.17) is 4.74 Å². The Morgan fingerprint density at radius 1 is 1.24 bits per heavy atom. The number of ether oxygens (including phenoxy) is 1. The van der Waals surface area contributed by atoms with Crippen LogP contribution < -0.4 is 4.74 Å². The summed E-state index contributed by atoms with van der Waals surface area (Å²) < 4.78 is 5.91. The summed E-state index contributed by atoms with van der Waals surface area (Å²) in [7, 11) is 0. The molecule has 2 N–H and O–H groups in total. The van der Waals surface area contributed by atoms with Crippen molar-refractivity contribution < 1.29 is 14.9 Å². The van der Waals surface area contributed by atoms with Gasteiger partial charge in [0.2, 0.25) is 0 Å². The fourth-order valence-corrected chi connectivity index (χ4v) is 3.17. The van der Waals surface area contributed by atoms with Crippen molar-refractivity contribution in [3.63, 3.8) is 0 Å². The molecule has 0 bridgehead atoms. The summed E-state index contributed by atoms with van der Waals surface area (Å²) in [5.74, 6) is 1.45. The van der Waals surface area contributed by atoms with Gasteiger partial charge in [-0.25, -0.2) is 0 Å². The molecule has 2 rings (SSSR count).